The number of aryl methyl sites for hydroxylation is 1. The Kier molecular flexibility index (Phi) is 5.70. The number of hydrogen-bond acceptors (Lipinski definition) is 4. The summed E-state index contributed by atoms with van der Waals surface area (Å²) < 4.78 is 0. The molecule has 6 nitrogen and oxygen atoms in total. The predicted octanol–water partition coefficient (Wildman–Crippen LogP) is 2.17. The van der Waals surface area contributed by atoms with Crippen LogP contribution in [0.15, 0.2) is 36.4 Å². The molecular formula is C17H18N2O4S. The van der Waals surface area contributed by atoms with Crippen molar-refractivity contribution in [3.05, 3.63) is 46.8 Å². The molecule has 0 fully saturated rings. The summed E-state index contributed by atoms with van der Waals surface area (Å²) in [5.74, 6) is -2.26. The lowest BCUT2D eigenvalue weighted by atomic mass is 10.1. The van der Waals surface area contributed by atoms with Crippen LogP contribution >= 0.6 is 11.3 Å². The maximum atomic E-state index is 12.2. The summed E-state index contributed by atoms with van der Waals surface area (Å²) in [4.78, 5) is 36.4. The first-order valence-electron chi connectivity index (χ1n) is 7.35. The highest BCUT2D eigenvalue weighted by molar-refractivity contribution is 7.15. The zero-order chi connectivity index (χ0) is 17.7. The molecule has 0 saturated heterocycles. The third-order valence-electron chi connectivity index (χ3n) is 3.47. The summed E-state index contributed by atoms with van der Waals surface area (Å²) in [7, 11) is 0. The molecule has 1 heterocycles. The third kappa shape index (κ3) is 4.66. The zero-order valence-electron chi connectivity index (χ0n) is 13.1. The molecule has 2 aromatic rings. The maximum absolute atomic E-state index is 12.2. The Morgan fingerprint density at radius 3 is 2.33 bits per heavy atom. The minimum absolute atomic E-state index is 0.0387. The summed E-state index contributed by atoms with van der Waals surface area (Å²) in [6.45, 7) is 2.02. The minimum Gasteiger partial charge on any atom is -0.481 e. The molecule has 24 heavy (non-hydrogen) atoms. The van der Waals surface area contributed by atoms with Crippen LogP contribution in [0, 0.1) is 6.92 Å². The quantitative estimate of drug-likeness (QED) is 0.713. The molecule has 0 unspecified atom stereocenters. The number of nitrogens with one attached hydrogen (secondary N) is 1. The summed E-state index contributed by atoms with van der Waals surface area (Å²) in [5, 5.41) is 11.1. The van der Waals surface area contributed by atoms with Crippen molar-refractivity contribution >= 4 is 29.1 Å². The van der Waals surface area contributed by atoms with Crippen molar-refractivity contribution < 1.29 is 19.5 Å². The number of hydrogen-bond donors (Lipinski definition) is 3. The van der Waals surface area contributed by atoms with Gasteiger partial charge in [0.25, 0.3) is 5.91 Å². The molecule has 0 radical (unpaired) electrons. The fourth-order valence-electron chi connectivity index (χ4n) is 2.17. The van der Waals surface area contributed by atoms with E-state index in [1.54, 1.807) is 23.5 Å². The summed E-state index contributed by atoms with van der Waals surface area (Å²) >= 11 is 1.66. The van der Waals surface area contributed by atoms with Gasteiger partial charge in [-0.2, -0.15) is 0 Å². The number of carbonyl (C=O) groups excluding carboxylic acids is 2. The van der Waals surface area contributed by atoms with Crippen LogP contribution in [0.25, 0.3) is 10.4 Å². The molecular weight excluding hydrogens is 328 g/mol. The van der Waals surface area contributed by atoms with E-state index in [0.29, 0.717) is 5.56 Å². The Morgan fingerprint density at radius 2 is 1.83 bits per heavy atom. The Hall–Kier alpha value is -2.67. The van der Waals surface area contributed by atoms with Gasteiger partial charge in [-0.15, -0.1) is 11.3 Å². The lowest BCUT2D eigenvalue weighted by molar-refractivity contribution is -0.137. The standard InChI is InChI=1S/C17H18N2O4S/c1-10-2-8-14(24-10)11-3-5-12(6-4-11)17(23)19-13(16(18)22)7-9-15(20)21/h2-6,8,13H,7,9H2,1H3,(H2,18,22)(H,19,23)(H,20,21)/t13-/m0/s1. The number of carboxylic acid groups (broad SMARTS) is 1. The molecule has 1 aromatic heterocycles. The van der Waals surface area contributed by atoms with E-state index in [4.69, 9.17) is 10.8 Å². The SMILES string of the molecule is Cc1ccc(-c2ccc(C(=O)N[C@@H](CCC(=O)O)C(N)=O)cc2)s1. The van der Waals surface area contributed by atoms with E-state index in [9.17, 15) is 14.4 Å². The Balaban J connectivity index is 2.05. The van der Waals surface area contributed by atoms with Gasteiger partial charge in [0.2, 0.25) is 5.91 Å². The molecule has 1 aromatic carbocycles. The number of primary amides is 1. The second-order valence-electron chi connectivity index (χ2n) is 5.35. The number of rotatable bonds is 7. The van der Waals surface area contributed by atoms with E-state index < -0.39 is 23.8 Å². The Morgan fingerprint density at radius 1 is 1.17 bits per heavy atom. The third-order valence-corrected chi connectivity index (χ3v) is 4.52. The largest absolute Gasteiger partial charge is 0.481 e. The predicted molar refractivity (Wildman–Crippen MR) is 91.8 cm³/mol. The number of carboxylic acids is 1. The average Bonchev–Trinajstić information content (AvgIpc) is 2.97. The highest BCUT2D eigenvalue weighted by atomic mass is 32.1. The average molecular weight is 346 g/mol. The first-order chi connectivity index (χ1) is 11.4. The number of aliphatic carboxylic acids is 1. The van der Waals surface area contributed by atoms with E-state index in [2.05, 4.69) is 5.32 Å². The van der Waals surface area contributed by atoms with Crippen molar-refractivity contribution in [2.45, 2.75) is 25.8 Å². The molecule has 0 aliphatic rings. The molecule has 2 amide bonds. The second kappa shape index (κ2) is 7.74. The van der Waals surface area contributed by atoms with Gasteiger partial charge < -0.3 is 16.2 Å². The summed E-state index contributed by atoms with van der Waals surface area (Å²) in [6, 6.07) is 10.0. The number of amides is 2. The van der Waals surface area contributed by atoms with Crippen molar-refractivity contribution in [3.8, 4) is 10.4 Å². The van der Waals surface area contributed by atoms with Crippen molar-refractivity contribution in [1.29, 1.82) is 0 Å². The number of benzene rings is 1. The van der Waals surface area contributed by atoms with Gasteiger partial charge >= 0.3 is 5.97 Å². The lowest BCUT2D eigenvalue weighted by Gasteiger charge is -2.14. The van der Waals surface area contributed by atoms with E-state index in [1.165, 1.54) is 4.88 Å². The van der Waals surface area contributed by atoms with Gasteiger partial charge in [-0.25, -0.2) is 0 Å². The highest BCUT2D eigenvalue weighted by Crippen LogP contribution is 2.27. The summed E-state index contributed by atoms with van der Waals surface area (Å²) in [5.41, 5.74) is 6.59. The molecule has 0 spiro atoms. The van der Waals surface area contributed by atoms with E-state index in [-0.39, 0.29) is 12.8 Å². The van der Waals surface area contributed by atoms with Crippen molar-refractivity contribution in [3.63, 3.8) is 0 Å². The van der Waals surface area contributed by atoms with Gasteiger partial charge in [0.1, 0.15) is 6.04 Å². The fourth-order valence-corrected chi connectivity index (χ4v) is 3.04. The zero-order valence-corrected chi connectivity index (χ0v) is 13.9. The topological polar surface area (TPSA) is 109 Å². The normalized spacial score (nSPS) is 11.7. The van der Waals surface area contributed by atoms with E-state index in [0.717, 1.165) is 10.4 Å². The smallest absolute Gasteiger partial charge is 0.303 e. The van der Waals surface area contributed by atoms with Crippen molar-refractivity contribution in [2.75, 3.05) is 0 Å². The number of nitrogens with two attached hydrogens (primary N) is 1. The molecule has 7 heteroatoms. The van der Waals surface area contributed by atoms with Crippen LogP contribution in [0.1, 0.15) is 28.1 Å². The summed E-state index contributed by atoms with van der Waals surface area (Å²) in [6.07, 6.45) is -0.284. The molecule has 0 bridgehead atoms. The van der Waals surface area contributed by atoms with Crippen molar-refractivity contribution in [2.24, 2.45) is 5.73 Å². The van der Waals surface area contributed by atoms with Gasteiger partial charge in [-0.3, -0.25) is 14.4 Å². The highest BCUT2D eigenvalue weighted by Gasteiger charge is 2.20. The molecule has 0 aliphatic carbocycles. The lowest BCUT2D eigenvalue weighted by Crippen LogP contribution is -2.44. The number of thiophene rings is 1. The van der Waals surface area contributed by atoms with Crippen LogP contribution in [0.5, 0.6) is 0 Å². The first kappa shape index (κ1) is 17.7. The van der Waals surface area contributed by atoms with Crippen LogP contribution in [-0.4, -0.2) is 28.9 Å². The van der Waals surface area contributed by atoms with Gasteiger partial charge in [-0.1, -0.05) is 12.1 Å². The van der Waals surface area contributed by atoms with Crippen LogP contribution in [0.2, 0.25) is 0 Å². The Bertz CT molecular complexity index is 752. The molecule has 2 rings (SSSR count). The molecule has 4 N–H and O–H groups in total. The van der Waals surface area contributed by atoms with Crippen molar-refractivity contribution in [1.82, 2.24) is 5.32 Å². The maximum Gasteiger partial charge on any atom is 0.303 e. The van der Waals surface area contributed by atoms with Crippen LogP contribution in [0.3, 0.4) is 0 Å². The van der Waals surface area contributed by atoms with E-state index >= 15 is 0 Å². The number of carbonyl (C=O) groups is 3. The first-order valence-corrected chi connectivity index (χ1v) is 8.17. The Labute approximate surface area is 143 Å². The second-order valence-corrected chi connectivity index (χ2v) is 6.64. The van der Waals surface area contributed by atoms with Crippen LogP contribution < -0.4 is 11.1 Å². The van der Waals surface area contributed by atoms with Crippen LogP contribution in [-0.2, 0) is 9.59 Å². The monoisotopic (exact) mass is 346 g/mol. The molecule has 126 valence electrons. The fraction of sp³-hybridized carbons (Fsp3) is 0.235. The van der Waals surface area contributed by atoms with Gasteiger partial charge in [-0.05, 0) is 43.2 Å². The molecule has 1 atom stereocenters. The molecule has 0 saturated carbocycles. The minimum atomic E-state index is -1.05. The van der Waals surface area contributed by atoms with Gasteiger partial charge in [0, 0.05) is 21.7 Å². The molecule has 0 aliphatic heterocycles. The van der Waals surface area contributed by atoms with Gasteiger partial charge in [0.15, 0.2) is 0 Å². The van der Waals surface area contributed by atoms with Crippen LogP contribution in [0.4, 0.5) is 0 Å². The van der Waals surface area contributed by atoms with E-state index in [1.807, 2.05) is 31.2 Å². The van der Waals surface area contributed by atoms with Gasteiger partial charge in [0.05, 0.1) is 0 Å².